The van der Waals surface area contributed by atoms with Crippen LogP contribution in [0.3, 0.4) is 0 Å². The van der Waals surface area contributed by atoms with Gasteiger partial charge in [-0.1, -0.05) is 18.2 Å². The third-order valence-corrected chi connectivity index (χ3v) is 3.80. The molecule has 1 aromatic carbocycles. The second-order valence-electron chi connectivity index (χ2n) is 4.66. The summed E-state index contributed by atoms with van der Waals surface area (Å²) in [7, 11) is 0. The van der Waals surface area contributed by atoms with Crippen molar-refractivity contribution in [2.75, 3.05) is 11.4 Å². The number of anilines is 1. The summed E-state index contributed by atoms with van der Waals surface area (Å²) < 4.78 is 0.929. The fraction of sp³-hybridized carbons (Fsp3) is 0.200. The first-order valence-electron chi connectivity index (χ1n) is 6.19. The van der Waals surface area contributed by atoms with E-state index in [0.717, 1.165) is 33.4 Å². The summed E-state index contributed by atoms with van der Waals surface area (Å²) in [6.07, 6.45) is 2.61. The molecular formula is C15H13BrN2O. The van der Waals surface area contributed by atoms with Crippen LogP contribution in [0.5, 0.6) is 0 Å². The Morgan fingerprint density at radius 2 is 2.11 bits per heavy atom. The minimum Gasteiger partial charge on any atom is -0.292 e. The normalized spacial score (nSPS) is 14.4. The molecule has 96 valence electrons. The second kappa shape index (κ2) is 4.78. The highest BCUT2D eigenvalue weighted by atomic mass is 79.9. The number of aryl methyl sites for hydroxylation is 1. The van der Waals surface area contributed by atoms with E-state index >= 15 is 0 Å². The maximum atomic E-state index is 12.5. The summed E-state index contributed by atoms with van der Waals surface area (Å²) in [5.41, 5.74) is 2.92. The van der Waals surface area contributed by atoms with Gasteiger partial charge in [-0.2, -0.15) is 0 Å². The van der Waals surface area contributed by atoms with Gasteiger partial charge in [-0.15, -0.1) is 0 Å². The van der Waals surface area contributed by atoms with E-state index < -0.39 is 0 Å². The smallest absolute Gasteiger partial charge is 0.259 e. The average Bonchev–Trinajstić information content (AvgIpc) is 2.41. The molecule has 3 rings (SSSR count). The van der Waals surface area contributed by atoms with Crippen LogP contribution in [0.25, 0.3) is 0 Å². The van der Waals surface area contributed by atoms with Gasteiger partial charge in [-0.25, -0.2) is 4.98 Å². The van der Waals surface area contributed by atoms with Crippen molar-refractivity contribution in [2.24, 2.45) is 0 Å². The number of halogens is 1. The monoisotopic (exact) mass is 316 g/mol. The van der Waals surface area contributed by atoms with E-state index in [1.54, 1.807) is 11.1 Å². The minimum atomic E-state index is 0.0415. The topological polar surface area (TPSA) is 33.2 Å². The molecule has 4 heteroatoms. The van der Waals surface area contributed by atoms with Gasteiger partial charge in [0.1, 0.15) is 5.82 Å². The highest BCUT2D eigenvalue weighted by molar-refractivity contribution is 9.10. The molecule has 0 N–H and O–H groups in total. The van der Waals surface area contributed by atoms with Gasteiger partial charge in [0.25, 0.3) is 5.91 Å². The molecule has 0 saturated heterocycles. The Labute approximate surface area is 120 Å². The quantitative estimate of drug-likeness (QED) is 0.808. The van der Waals surface area contributed by atoms with E-state index in [4.69, 9.17) is 0 Å². The van der Waals surface area contributed by atoms with Crippen molar-refractivity contribution in [2.45, 2.75) is 13.3 Å². The van der Waals surface area contributed by atoms with Crippen LogP contribution in [0.2, 0.25) is 0 Å². The molecule has 3 nitrogen and oxygen atoms in total. The first kappa shape index (κ1) is 12.4. The Morgan fingerprint density at radius 1 is 1.32 bits per heavy atom. The molecule has 0 bridgehead atoms. The predicted octanol–water partition coefficient (Wildman–Crippen LogP) is 3.36. The van der Waals surface area contributed by atoms with Crippen LogP contribution in [0, 0.1) is 6.92 Å². The lowest BCUT2D eigenvalue weighted by Gasteiger charge is -2.28. The van der Waals surface area contributed by atoms with Crippen LogP contribution in [0.1, 0.15) is 21.5 Å². The van der Waals surface area contributed by atoms with Crippen LogP contribution in [0.15, 0.2) is 41.0 Å². The maximum absolute atomic E-state index is 12.5. The zero-order chi connectivity index (χ0) is 13.4. The largest absolute Gasteiger partial charge is 0.292 e. The Bertz CT molecular complexity index is 654. The number of fused-ring (bicyclic) bond motifs is 1. The first-order chi connectivity index (χ1) is 9.16. The number of amides is 1. The van der Waals surface area contributed by atoms with Crippen LogP contribution >= 0.6 is 15.9 Å². The Balaban J connectivity index is 2.02. The van der Waals surface area contributed by atoms with Gasteiger partial charge in [-0.3, -0.25) is 9.69 Å². The lowest BCUT2D eigenvalue weighted by atomic mass is 9.99. The van der Waals surface area contributed by atoms with Gasteiger partial charge in [-0.05, 0) is 52.5 Å². The first-order valence-corrected chi connectivity index (χ1v) is 6.98. The molecule has 0 saturated carbocycles. The molecule has 1 amide bonds. The van der Waals surface area contributed by atoms with Crippen molar-refractivity contribution >= 4 is 27.7 Å². The molecule has 0 fully saturated rings. The van der Waals surface area contributed by atoms with E-state index in [1.165, 1.54) is 0 Å². The Hall–Kier alpha value is -1.68. The Kier molecular flexibility index (Phi) is 3.11. The third-order valence-electron chi connectivity index (χ3n) is 3.37. The maximum Gasteiger partial charge on any atom is 0.259 e. The molecule has 0 aliphatic carbocycles. The third kappa shape index (κ3) is 2.16. The Morgan fingerprint density at radius 3 is 2.89 bits per heavy atom. The fourth-order valence-corrected chi connectivity index (χ4v) is 2.89. The summed E-state index contributed by atoms with van der Waals surface area (Å²) >= 11 is 3.40. The lowest BCUT2D eigenvalue weighted by molar-refractivity contribution is 0.0979. The standard InChI is InChI=1S/C15H13BrN2O/c1-10-8-12(16)9-17-14(10)18-7-6-11-4-2-3-5-13(11)15(18)19/h2-5,8-9H,6-7H2,1H3. The van der Waals surface area contributed by atoms with Crippen molar-refractivity contribution in [1.29, 1.82) is 0 Å². The van der Waals surface area contributed by atoms with Crippen LogP contribution in [-0.2, 0) is 6.42 Å². The number of pyridine rings is 1. The SMILES string of the molecule is Cc1cc(Br)cnc1N1CCc2ccccc2C1=O. The molecule has 0 radical (unpaired) electrons. The van der Waals surface area contributed by atoms with E-state index in [9.17, 15) is 4.79 Å². The molecule has 2 heterocycles. The van der Waals surface area contributed by atoms with E-state index in [0.29, 0.717) is 6.54 Å². The van der Waals surface area contributed by atoms with E-state index in [2.05, 4.69) is 20.9 Å². The zero-order valence-corrected chi connectivity index (χ0v) is 12.1. The molecular weight excluding hydrogens is 304 g/mol. The molecule has 0 spiro atoms. The number of rotatable bonds is 1. The summed E-state index contributed by atoms with van der Waals surface area (Å²) in [4.78, 5) is 18.7. The van der Waals surface area contributed by atoms with E-state index in [-0.39, 0.29) is 5.91 Å². The second-order valence-corrected chi connectivity index (χ2v) is 5.57. The molecule has 0 atom stereocenters. The summed E-state index contributed by atoms with van der Waals surface area (Å²) in [5, 5.41) is 0. The number of benzene rings is 1. The van der Waals surface area contributed by atoms with E-state index in [1.807, 2.05) is 37.3 Å². The van der Waals surface area contributed by atoms with Crippen molar-refractivity contribution in [3.05, 3.63) is 57.7 Å². The number of nitrogens with zero attached hydrogens (tertiary/aromatic N) is 2. The number of carbonyl (C=O) groups is 1. The fourth-order valence-electron chi connectivity index (χ4n) is 2.44. The minimum absolute atomic E-state index is 0.0415. The zero-order valence-electron chi connectivity index (χ0n) is 10.6. The molecule has 0 unspecified atom stereocenters. The van der Waals surface area contributed by atoms with Gasteiger partial charge < -0.3 is 0 Å². The van der Waals surface area contributed by atoms with Crippen molar-refractivity contribution in [3.63, 3.8) is 0 Å². The number of carbonyl (C=O) groups excluding carboxylic acids is 1. The van der Waals surface area contributed by atoms with Gasteiger partial charge in [0.05, 0.1) is 0 Å². The summed E-state index contributed by atoms with van der Waals surface area (Å²) in [6.45, 7) is 2.66. The van der Waals surface area contributed by atoms with Crippen LogP contribution in [0.4, 0.5) is 5.82 Å². The van der Waals surface area contributed by atoms with Gasteiger partial charge >= 0.3 is 0 Å². The van der Waals surface area contributed by atoms with Gasteiger partial charge in [0, 0.05) is 22.8 Å². The highest BCUT2D eigenvalue weighted by Crippen LogP contribution is 2.26. The molecule has 1 aromatic heterocycles. The lowest BCUT2D eigenvalue weighted by Crippen LogP contribution is -2.38. The molecule has 1 aliphatic rings. The molecule has 2 aromatic rings. The molecule has 19 heavy (non-hydrogen) atoms. The van der Waals surface area contributed by atoms with Crippen molar-refractivity contribution < 1.29 is 4.79 Å². The highest BCUT2D eigenvalue weighted by Gasteiger charge is 2.26. The van der Waals surface area contributed by atoms with Gasteiger partial charge in [0.2, 0.25) is 0 Å². The predicted molar refractivity (Wildman–Crippen MR) is 78.5 cm³/mol. The summed E-state index contributed by atoms with van der Waals surface area (Å²) in [5.74, 6) is 0.794. The number of aromatic nitrogens is 1. The number of hydrogen-bond acceptors (Lipinski definition) is 2. The van der Waals surface area contributed by atoms with Crippen LogP contribution in [-0.4, -0.2) is 17.4 Å². The van der Waals surface area contributed by atoms with Crippen molar-refractivity contribution in [1.82, 2.24) is 4.98 Å². The molecule has 1 aliphatic heterocycles. The van der Waals surface area contributed by atoms with Gasteiger partial charge in [0.15, 0.2) is 0 Å². The average molecular weight is 317 g/mol. The van der Waals surface area contributed by atoms with Crippen molar-refractivity contribution in [3.8, 4) is 0 Å². The summed E-state index contributed by atoms with van der Waals surface area (Å²) in [6, 6.07) is 9.77. The number of hydrogen-bond donors (Lipinski definition) is 0. The van der Waals surface area contributed by atoms with Crippen LogP contribution < -0.4 is 4.90 Å².